The third kappa shape index (κ3) is 5.81. The first kappa shape index (κ1) is 21.3. The van der Waals surface area contributed by atoms with E-state index < -0.39 is 12.0 Å². The Morgan fingerprint density at radius 3 is 2.43 bits per heavy atom. The van der Waals surface area contributed by atoms with Crippen LogP contribution >= 0.6 is 11.6 Å². The third-order valence-electron chi connectivity index (χ3n) is 4.18. The van der Waals surface area contributed by atoms with E-state index in [9.17, 15) is 9.59 Å². The van der Waals surface area contributed by atoms with Crippen LogP contribution in [0.25, 0.3) is 11.5 Å². The fraction of sp³-hybridized carbons (Fsp3) is 0.238. The monoisotopic (exact) mass is 429 g/mol. The number of ether oxygens (including phenoxy) is 2. The van der Waals surface area contributed by atoms with Crippen molar-refractivity contribution in [1.82, 2.24) is 15.5 Å². The van der Waals surface area contributed by atoms with Crippen molar-refractivity contribution in [2.24, 2.45) is 0 Å². The Morgan fingerprint density at radius 2 is 1.80 bits per heavy atom. The van der Waals surface area contributed by atoms with Crippen LogP contribution in [-0.4, -0.2) is 29.2 Å². The molecule has 2 aromatic carbocycles. The average molecular weight is 430 g/mol. The molecule has 1 amide bonds. The van der Waals surface area contributed by atoms with E-state index in [1.165, 1.54) is 6.92 Å². The first-order chi connectivity index (χ1) is 14.4. The summed E-state index contributed by atoms with van der Waals surface area (Å²) in [5.41, 5.74) is 1.46. The minimum Gasteiger partial charge on any atom is -0.497 e. The van der Waals surface area contributed by atoms with Crippen LogP contribution in [0, 0.1) is 0 Å². The number of esters is 1. The number of benzene rings is 2. The maximum Gasteiger partial charge on any atom is 0.308 e. The molecule has 0 radical (unpaired) electrons. The molecular formula is C21H20ClN3O5. The lowest BCUT2D eigenvalue weighted by Gasteiger charge is -2.17. The normalized spacial score (nSPS) is 11.6. The summed E-state index contributed by atoms with van der Waals surface area (Å²) in [6.45, 7) is 1.22. The van der Waals surface area contributed by atoms with Crippen LogP contribution < -0.4 is 10.1 Å². The summed E-state index contributed by atoms with van der Waals surface area (Å²) < 4.78 is 15.9. The fourth-order valence-corrected chi connectivity index (χ4v) is 2.85. The summed E-state index contributed by atoms with van der Waals surface area (Å²) >= 11 is 5.86. The fourth-order valence-electron chi connectivity index (χ4n) is 2.72. The number of hydrogen-bond donors (Lipinski definition) is 1. The van der Waals surface area contributed by atoms with Crippen LogP contribution in [0.3, 0.4) is 0 Å². The van der Waals surface area contributed by atoms with Crippen molar-refractivity contribution in [3.63, 3.8) is 0 Å². The van der Waals surface area contributed by atoms with Crippen molar-refractivity contribution in [3.8, 4) is 17.2 Å². The highest BCUT2D eigenvalue weighted by atomic mass is 35.5. The summed E-state index contributed by atoms with van der Waals surface area (Å²) in [5, 5.41) is 11.2. The zero-order chi connectivity index (χ0) is 21.5. The van der Waals surface area contributed by atoms with Gasteiger partial charge in [0, 0.05) is 17.5 Å². The maximum absolute atomic E-state index is 12.3. The number of hydrogen-bond acceptors (Lipinski definition) is 7. The molecule has 8 nitrogen and oxygen atoms in total. The Kier molecular flexibility index (Phi) is 7.03. The summed E-state index contributed by atoms with van der Waals surface area (Å²) in [5.74, 6) is 0.362. The Labute approximate surface area is 178 Å². The van der Waals surface area contributed by atoms with Gasteiger partial charge in [-0.05, 0) is 42.0 Å². The molecular weight excluding hydrogens is 410 g/mol. The van der Waals surface area contributed by atoms with E-state index in [2.05, 4.69) is 15.5 Å². The standard InChI is InChI=1S/C21H20ClN3O5/c1-13(26)23-18(14-5-9-17(28-2)10-6-14)11-20(27)29-12-19-24-25-21(30-19)15-3-7-16(22)8-4-15/h3-10,18H,11-12H2,1-2H3,(H,23,26). The van der Waals surface area contributed by atoms with Gasteiger partial charge in [0.25, 0.3) is 5.89 Å². The summed E-state index contributed by atoms with van der Waals surface area (Å²) in [6, 6.07) is 13.5. The summed E-state index contributed by atoms with van der Waals surface area (Å²) in [4.78, 5) is 23.9. The molecule has 1 aromatic heterocycles. The van der Waals surface area contributed by atoms with E-state index in [4.69, 9.17) is 25.5 Å². The van der Waals surface area contributed by atoms with E-state index in [1.807, 2.05) is 0 Å². The highest BCUT2D eigenvalue weighted by molar-refractivity contribution is 6.30. The average Bonchev–Trinajstić information content (AvgIpc) is 3.21. The number of halogens is 1. The molecule has 3 rings (SSSR count). The second-order valence-corrected chi connectivity index (χ2v) is 6.84. The third-order valence-corrected chi connectivity index (χ3v) is 4.43. The molecule has 0 spiro atoms. The molecule has 3 aromatic rings. The predicted octanol–water partition coefficient (Wildman–Crippen LogP) is 3.71. The van der Waals surface area contributed by atoms with Crippen molar-refractivity contribution >= 4 is 23.5 Å². The Bertz CT molecular complexity index is 1000. The first-order valence-electron chi connectivity index (χ1n) is 9.09. The number of rotatable bonds is 8. The van der Waals surface area contributed by atoms with Crippen molar-refractivity contribution < 1.29 is 23.5 Å². The number of nitrogens with zero attached hydrogens (tertiary/aromatic N) is 2. The van der Waals surface area contributed by atoms with Gasteiger partial charge < -0.3 is 19.2 Å². The molecule has 1 heterocycles. The van der Waals surface area contributed by atoms with Crippen LogP contribution in [0.1, 0.15) is 30.8 Å². The molecule has 30 heavy (non-hydrogen) atoms. The van der Waals surface area contributed by atoms with Gasteiger partial charge in [0.05, 0.1) is 19.6 Å². The van der Waals surface area contributed by atoms with Crippen LogP contribution in [0.15, 0.2) is 52.9 Å². The summed E-state index contributed by atoms with van der Waals surface area (Å²) in [7, 11) is 1.56. The van der Waals surface area contributed by atoms with Gasteiger partial charge in [-0.15, -0.1) is 10.2 Å². The van der Waals surface area contributed by atoms with Crippen molar-refractivity contribution in [2.45, 2.75) is 26.0 Å². The number of amides is 1. The lowest BCUT2D eigenvalue weighted by atomic mass is 10.0. The van der Waals surface area contributed by atoms with Crippen LogP contribution in [0.5, 0.6) is 5.75 Å². The van der Waals surface area contributed by atoms with Gasteiger partial charge in [0.2, 0.25) is 11.8 Å². The van der Waals surface area contributed by atoms with Gasteiger partial charge in [-0.1, -0.05) is 23.7 Å². The van der Waals surface area contributed by atoms with Crippen molar-refractivity contribution in [3.05, 3.63) is 65.0 Å². The number of carbonyl (C=O) groups excluding carboxylic acids is 2. The second kappa shape index (κ2) is 9.89. The Balaban J connectivity index is 1.60. The van der Waals surface area contributed by atoms with Crippen LogP contribution in [-0.2, 0) is 20.9 Å². The number of carbonyl (C=O) groups is 2. The molecule has 0 saturated carbocycles. The largest absolute Gasteiger partial charge is 0.497 e. The smallest absolute Gasteiger partial charge is 0.308 e. The molecule has 0 aliphatic rings. The highest BCUT2D eigenvalue weighted by Gasteiger charge is 2.19. The summed E-state index contributed by atoms with van der Waals surface area (Å²) in [6.07, 6.45) is -0.0515. The van der Waals surface area contributed by atoms with Gasteiger partial charge >= 0.3 is 5.97 Å². The van der Waals surface area contributed by atoms with Crippen LogP contribution in [0.4, 0.5) is 0 Å². The molecule has 9 heteroatoms. The van der Waals surface area contributed by atoms with E-state index in [0.29, 0.717) is 22.2 Å². The highest BCUT2D eigenvalue weighted by Crippen LogP contribution is 2.22. The second-order valence-electron chi connectivity index (χ2n) is 6.40. The quantitative estimate of drug-likeness (QED) is 0.544. The van der Waals surface area contributed by atoms with E-state index in [-0.39, 0.29) is 24.8 Å². The van der Waals surface area contributed by atoms with E-state index in [0.717, 1.165) is 5.56 Å². The molecule has 156 valence electrons. The molecule has 0 fully saturated rings. The van der Waals surface area contributed by atoms with Crippen molar-refractivity contribution in [1.29, 1.82) is 0 Å². The minimum absolute atomic E-state index is 0.0515. The van der Waals surface area contributed by atoms with E-state index >= 15 is 0 Å². The molecule has 0 bridgehead atoms. The zero-order valence-electron chi connectivity index (χ0n) is 16.4. The SMILES string of the molecule is COc1ccc(C(CC(=O)OCc2nnc(-c3ccc(Cl)cc3)o2)NC(C)=O)cc1. The topological polar surface area (TPSA) is 104 Å². The molecule has 0 aliphatic carbocycles. The lowest BCUT2D eigenvalue weighted by molar-refractivity contribution is -0.146. The number of nitrogens with one attached hydrogen (secondary N) is 1. The maximum atomic E-state index is 12.3. The predicted molar refractivity (Wildman–Crippen MR) is 109 cm³/mol. The van der Waals surface area contributed by atoms with E-state index in [1.54, 1.807) is 55.6 Å². The molecule has 1 atom stereocenters. The molecule has 0 saturated heterocycles. The Morgan fingerprint density at radius 1 is 1.10 bits per heavy atom. The van der Waals surface area contributed by atoms with Gasteiger partial charge in [-0.2, -0.15) is 0 Å². The number of methoxy groups -OCH3 is 1. The lowest BCUT2D eigenvalue weighted by Crippen LogP contribution is -2.28. The molecule has 0 aliphatic heterocycles. The molecule has 1 unspecified atom stereocenters. The first-order valence-corrected chi connectivity index (χ1v) is 9.47. The van der Waals surface area contributed by atoms with Gasteiger partial charge in [0.15, 0.2) is 6.61 Å². The minimum atomic E-state index is -0.534. The molecule has 1 N–H and O–H groups in total. The number of aromatic nitrogens is 2. The Hall–Kier alpha value is -3.39. The van der Waals surface area contributed by atoms with Gasteiger partial charge in [0.1, 0.15) is 5.75 Å². The van der Waals surface area contributed by atoms with Gasteiger partial charge in [-0.3, -0.25) is 9.59 Å². The van der Waals surface area contributed by atoms with Gasteiger partial charge in [-0.25, -0.2) is 0 Å². The zero-order valence-corrected chi connectivity index (χ0v) is 17.2. The van der Waals surface area contributed by atoms with Crippen LogP contribution in [0.2, 0.25) is 5.02 Å². The van der Waals surface area contributed by atoms with Crippen molar-refractivity contribution in [2.75, 3.05) is 7.11 Å².